The molecule has 0 bridgehead atoms. The van der Waals surface area contributed by atoms with E-state index in [-0.39, 0.29) is 34.8 Å². The van der Waals surface area contributed by atoms with Crippen LogP contribution in [0.5, 0.6) is 11.5 Å². The minimum Gasteiger partial charge on any atom is -0.507 e. The van der Waals surface area contributed by atoms with E-state index in [4.69, 9.17) is 0 Å². The Bertz CT molecular complexity index is 966. The molecule has 0 saturated heterocycles. The zero-order valence-corrected chi connectivity index (χ0v) is 13.8. The molecule has 0 saturated carbocycles. The fraction of sp³-hybridized carbons (Fsp3) is 0.0909. The van der Waals surface area contributed by atoms with Gasteiger partial charge in [0, 0.05) is 17.9 Å². The van der Waals surface area contributed by atoms with Crippen LogP contribution in [-0.2, 0) is 0 Å². The van der Waals surface area contributed by atoms with Crippen LogP contribution in [0.15, 0.2) is 66.7 Å². The predicted molar refractivity (Wildman–Crippen MR) is 96.9 cm³/mol. The number of ketones is 2. The monoisotopic (exact) mass is 344 g/mol. The molecule has 3 aromatic rings. The van der Waals surface area contributed by atoms with Gasteiger partial charge in [0.1, 0.15) is 11.5 Å². The van der Waals surface area contributed by atoms with Crippen molar-refractivity contribution in [3.63, 3.8) is 0 Å². The largest absolute Gasteiger partial charge is 0.507 e. The summed E-state index contributed by atoms with van der Waals surface area (Å²) >= 11 is 0. The Labute approximate surface area is 150 Å². The third-order valence-corrected chi connectivity index (χ3v) is 4.84. The quantitative estimate of drug-likeness (QED) is 0.703. The summed E-state index contributed by atoms with van der Waals surface area (Å²) in [6.45, 7) is 0. The second-order valence-corrected chi connectivity index (χ2v) is 6.36. The zero-order chi connectivity index (χ0) is 18.3. The smallest absolute Gasteiger partial charge is 0.201 e. The van der Waals surface area contributed by atoms with Gasteiger partial charge in [-0.2, -0.15) is 0 Å². The molecule has 0 radical (unpaired) electrons. The van der Waals surface area contributed by atoms with Gasteiger partial charge in [-0.25, -0.2) is 0 Å². The van der Waals surface area contributed by atoms with Crippen molar-refractivity contribution < 1.29 is 19.8 Å². The van der Waals surface area contributed by atoms with Gasteiger partial charge in [0.15, 0.2) is 5.78 Å². The molecule has 1 aliphatic carbocycles. The van der Waals surface area contributed by atoms with Gasteiger partial charge in [-0.05, 0) is 23.3 Å². The number of carbonyl (C=O) groups is 2. The Morgan fingerprint density at radius 3 is 1.85 bits per heavy atom. The fourth-order valence-corrected chi connectivity index (χ4v) is 3.63. The summed E-state index contributed by atoms with van der Waals surface area (Å²) in [5.41, 5.74) is 2.13. The first-order valence-electron chi connectivity index (χ1n) is 8.34. The number of Topliss-reactive ketones (excluding diaryl/α,β-unsaturated/α-hetero) is 1. The lowest BCUT2D eigenvalue weighted by Crippen LogP contribution is -2.22. The molecule has 128 valence electrons. The lowest BCUT2D eigenvalue weighted by Gasteiger charge is -2.28. The van der Waals surface area contributed by atoms with Crippen LogP contribution in [0.4, 0.5) is 0 Å². The van der Waals surface area contributed by atoms with Crippen LogP contribution in [0.25, 0.3) is 0 Å². The van der Waals surface area contributed by atoms with Crippen molar-refractivity contribution in [1.82, 2.24) is 0 Å². The average Bonchev–Trinajstić information content (AvgIpc) is 2.65. The number of rotatable bonds is 3. The van der Waals surface area contributed by atoms with Crippen LogP contribution < -0.4 is 0 Å². The Balaban J connectivity index is 1.86. The van der Waals surface area contributed by atoms with Crippen molar-refractivity contribution in [2.75, 3.05) is 0 Å². The topological polar surface area (TPSA) is 74.6 Å². The minimum absolute atomic E-state index is 0.0615. The first kappa shape index (κ1) is 16.1. The molecule has 26 heavy (non-hydrogen) atoms. The number of benzene rings is 3. The van der Waals surface area contributed by atoms with Gasteiger partial charge in [0.25, 0.3) is 0 Å². The van der Waals surface area contributed by atoms with Crippen molar-refractivity contribution in [2.24, 2.45) is 0 Å². The third kappa shape index (κ3) is 2.47. The van der Waals surface area contributed by atoms with Crippen molar-refractivity contribution in [2.45, 2.75) is 12.3 Å². The van der Waals surface area contributed by atoms with Gasteiger partial charge in [-0.15, -0.1) is 0 Å². The predicted octanol–water partition coefficient (Wildman–Crippen LogP) is 4.05. The maximum atomic E-state index is 12.8. The summed E-state index contributed by atoms with van der Waals surface area (Å²) in [7, 11) is 0. The number of aromatic hydroxyl groups is 2. The van der Waals surface area contributed by atoms with Gasteiger partial charge in [-0.3, -0.25) is 9.59 Å². The standard InChI is InChI=1S/C22H16O4/c23-17-10-4-8-14-16(12-19(25)13-6-2-1-3-7-13)15-9-5-11-18(24)21(15)22(26)20(14)17/h1-11,16,23-24H,12H2. The summed E-state index contributed by atoms with van der Waals surface area (Å²) in [6, 6.07) is 18.7. The Kier molecular flexibility index (Phi) is 3.81. The minimum atomic E-state index is -0.422. The maximum absolute atomic E-state index is 12.8. The first-order chi connectivity index (χ1) is 12.6. The van der Waals surface area contributed by atoms with E-state index < -0.39 is 11.7 Å². The molecular weight excluding hydrogens is 328 g/mol. The average molecular weight is 344 g/mol. The second kappa shape index (κ2) is 6.15. The number of phenols is 2. The number of carbonyl (C=O) groups excluding carboxylic acids is 2. The molecule has 0 fully saturated rings. The van der Waals surface area contributed by atoms with E-state index in [1.165, 1.54) is 12.1 Å². The van der Waals surface area contributed by atoms with Crippen molar-refractivity contribution in [3.05, 3.63) is 94.5 Å². The highest BCUT2D eigenvalue weighted by Crippen LogP contribution is 2.44. The van der Waals surface area contributed by atoms with Crippen LogP contribution in [0.2, 0.25) is 0 Å². The Morgan fingerprint density at radius 1 is 0.769 bits per heavy atom. The van der Waals surface area contributed by atoms with E-state index in [9.17, 15) is 19.8 Å². The summed E-state index contributed by atoms with van der Waals surface area (Å²) < 4.78 is 0. The third-order valence-electron chi connectivity index (χ3n) is 4.84. The van der Waals surface area contributed by atoms with Gasteiger partial charge in [-0.1, -0.05) is 54.6 Å². The SMILES string of the molecule is O=C(CC1c2cccc(O)c2C(=O)c2c(O)cccc21)c1ccccc1. The molecule has 0 amide bonds. The van der Waals surface area contributed by atoms with E-state index in [0.717, 1.165) is 0 Å². The number of fused-ring (bicyclic) bond motifs is 2. The summed E-state index contributed by atoms with van der Waals surface area (Å²) in [4.78, 5) is 25.6. The van der Waals surface area contributed by atoms with E-state index >= 15 is 0 Å². The molecule has 2 N–H and O–H groups in total. The molecular formula is C22H16O4. The van der Waals surface area contributed by atoms with Crippen molar-refractivity contribution in [1.29, 1.82) is 0 Å². The molecule has 0 aliphatic heterocycles. The molecule has 0 spiro atoms. The van der Waals surface area contributed by atoms with E-state index in [1.807, 2.05) is 6.07 Å². The fourth-order valence-electron chi connectivity index (χ4n) is 3.63. The molecule has 4 nitrogen and oxygen atoms in total. The number of phenolic OH excluding ortho intramolecular Hbond substituents is 2. The highest BCUT2D eigenvalue weighted by molar-refractivity contribution is 6.16. The second-order valence-electron chi connectivity index (χ2n) is 6.36. The molecule has 1 aliphatic rings. The highest BCUT2D eigenvalue weighted by atomic mass is 16.3. The summed E-state index contributed by atoms with van der Waals surface area (Å²) in [6.07, 6.45) is 0.143. The zero-order valence-electron chi connectivity index (χ0n) is 13.8. The molecule has 0 unspecified atom stereocenters. The van der Waals surface area contributed by atoms with Crippen LogP contribution in [0.3, 0.4) is 0 Å². The Morgan fingerprint density at radius 2 is 1.31 bits per heavy atom. The number of hydrogen-bond donors (Lipinski definition) is 2. The molecule has 0 heterocycles. The lowest BCUT2D eigenvalue weighted by atomic mass is 9.74. The summed E-state index contributed by atoms with van der Waals surface area (Å²) in [5.74, 6) is -1.18. The van der Waals surface area contributed by atoms with Crippen molar-refractivity contribution in [3.8, 4) is 11.5 Å². The molecule has 4 heteroatoms. The van der Waals surface area contributed by atoms with Crippen LogP contribution in [-0.4, -0.2) is 21.8 Å². The van der Waals surface area contributed by atoms with Crippen LogP contribution in [0, 0.1) is 0 Å². The highest BCUT2D eigenvalue weighted by Gasteiger charge is 2.35. The van der Waals surface area contributed by atoms with Crippen LogP contribution in [0.1, 0.15) is 49.7 Å². The lowest BCUT2D eigenvalue weighted by molar-refractivity contribution is 0.0968. The molecule has 3 aromatic carbocycles. The van der Waals surface area contributed by atoms with Crippen molar-refractivity contribution >= 4 is 11.6 Å². The Hall–Kier alpha value is -3.40. The van der Waals surface area contributed by atoms with Gasteiger partial charge >= 0.3 is 0 Å². The van der Waals surface area contributed by atoms with Crippen LogP contribution >= 0.6 is 0 Å². The molecule has 0 atom stereocenters. The summed E-state index contributed by atoms with van der Waals surface area (Å²) in [5, 5.41) is 20.4. The maximum Gasteiger partial charge on any atom is 0.201 e. The number of hydrogen-bond acceptors (Lipinski definition) is 4. The van der Waals surface area contributed by atoms with Gasteiger partial charge < -0.3 is 10.2 Å². The molecule has 0 aromatic heterocycles. The molecule has 4 rings (SSSR count). The van der Waals surface area contributed by atoms with E-state index in [0.29, 0.717) is 16.7 Å². The van der Waals surface area contributed by atoms with Gasteiger partial charge in [0.05, 0.1) is 11.1 Å². The van der Waals surface area contributed by atoms with E-state index in [1.54, 1.807) is 48.5 Å². The first-order valence-corrected chi connectivity index (χ1v) is 8.34. The van der Waals surface area contributed by atoms with Gasteiger partial charge in [0.2, 0.25) is 5.78 Å². The van der Waals surface area contributed by atoms with E-state index in [2.05, 4.69) is 0 Å². The normalized spacial score (nSPS) is 13.2.